The van der Waals surface area contributed by atoms with E-state index >= 15 is 0 Å². The topological polar surface area (TPSA) is 17.8 Å². The number of aryl methyl sites for hydroxylation is 2. The van der Waals surface area contributed by atoms with Gasteiger partial charge in [-0.3, -0.25) is 0 Å². The third kappa shape index (κ3) is 2.45. The molecular formula is C13H17ClN2. The normalized spacial score (nSPS) is 9.88. The van der Waals surface area contributed by atoms with Gasteiger partial charge in [-0.2, -0.15) is 0 Å². The Morgan fingerprint density at radius 2 is 2.00 bits per heavy atom. The first-order valence-corrected chi connectivity index (χ1v) is 5.40. The number of nitrogens with zero attached hydrogens (tertiary/aromatic N) is 2. The molecule has 0 bridgehead atoms. The summed E-state index contributed by atoms with van der Waals surface area (Å²) in [6, 6.07) is 8.38. The second kappa shape index (κ2) is 5.71. The molecule has 0 N–H and O–H groups in total. The zero-order valence-corrected chi connectivity index (χ0v) is 10.5. The molecule has 1 heterocycles. The number of benzene rings is 1. The summed E-state index contributed by atoms with van der Waals surface area (Å²) < 4.78 is 2.21. The van der Waals surface area contributed by atoms with Gasteiger partial charge in [0, 0.05) is 24.5 Å². The molecule has 0 aliphatic carbocycles. The largest absolute Gasteiger partial charge is 0.331 e. The molecule has 0 aliphatic heterocycles. The Balaban J connectivity index is 0.00000128. The van der Waals surface area contributed by atoms with Gasteiger partial charge in [0.1, 0.15) is 5.82 Å². The maximum absolute atomic E-state index is 4.43. The van der Waals surface area contributed by atoms with Crippen LogP contribution in [0, 0.1) is 6.92 Å². The quantitative estimate of drug-likeness (QED) is 0.795. The van der Waals surface area contributed by atoms with Crippen molar-refractivity contribution in [3.05, 3.63) is 42.2 Å². The standard InChI is InChI=1S/C13H16N2.ClH/c1-3-9-15-10-8-14-13(15)12-7-5-4-6-11(12)2;/h4-8,10H,3,9H2,1-2H3;1H. The Morgan fingerprint density at radius 1 is 1.25 bits per heavy atom. The lowest BCUT2D eigenvalue weighted by Crippen LogP contribution is -1.99. The van der Waals surface area contributed by atoms with Gasteiger partial charge in [0.2, 0.25) is 0 Å². The van der Waals surface area contributed by atoms with Crippen molar-refractivity contribution < 1.29 is 0 Å². The summed E-state index contributed by atoms with van der Waals surface area (Å²) in [6.07, 6.45) is 5.05. The second-order valence-electron chi connectivity index (χ2n) is 3.76. The average molecular weight is 237 g/mol. The second-order valence-corrected chi connectivity index (χ2v) is 3.76. The third-order valence-corrected chi connectivity index (χ3v) is 2.57. The predicted octanol–water partition coefficient (Wildman–Crippen LogP) is 3.69. The zero-order valence-electron chi connectivity index (χ0n) is 9.68. The molecular weight excluding hydrogens is 220 g/mol. The Morgan fingerprint density at radius 3 is 2.69 bits per heavy atom. The summed E-state index contributed by atoms with van der Waals surface area (Å²) in [6.45, 7) is 5.34. The summed E-state index contributed by atoms with van der Waals surface area (Å²) >= 11 is 0. The number of aromatic nitrogens is 2. The van der Waals surface area contributed by atoms with Crippen LogP contribution in [0.3, 0.4) is 0 Å². The van der Waals surface area contributed by atoms with Crippen LogP contribution in [-0.2, 0) is 6.54 Å². The van der Waals surface area contributed by atoms with Crippen LogP contribution in [0.2, 0.25) is 0 Å². The summed E-state index contributed by atoms with van der Waals surface area (Å²) in [5.41, 5.74) is 2.51. The van der Waals surface area contributed by atoms with Crippen molar-refractivity contribution in [3.63, 3.8) is 0 Å². The highest BCUT2D eigenvalue weighted by atomic mass is 35.5. The Bertz CT molecular complexity index is 449. The maximum Gasteiger partial charge on any atom is 0.140 e. The van der Waals surface area contributed by atoms with E-state index in [2.05, 4.69) is 47.7 Å². The van der Waals surface area contributed by atoms with Crippen molar-refractivity contribution in [3.8, 4) is 11.4 Å². The van der Waals surface area contributed by atoms with E-state index in [0.29, 0.717) is 0 Å². The summed E-state index contributed by atoms with van der Waals surface area (Å²) in [7, 11) is 0. The predicted molar refractivity (Wildman–Crippen MR) is 69.9 cm³/mol. The lowest BCUT2D eigenvalue weighted by atomic mass is 10.1. The van der Waals surface area contributed by atoms with Crippen molar-refractivity contribution in [2.24, 2.45) is 0 Å². The molecule has 16 heavy (non-hydrogen) atoms. The fourth-order valence-electron chi connectivity index (χ4n) is 1.80. The van der Waals surface area contributed by atoms with Crippen LogP contribution < -0.4 is 0 Å². The van der Waals surface area contributed by atoms with Crippen molar-refractivity contribution in [1.82, 2.24) is 9.55 Å². The van der Waals surface area contributed by atoms with Gasteiger partial charge in [0.05, 0.1) is 0 Å². The first kappa shape index (κ1) is 12.8. The number of halogens is 1. The first-order valence-electron chi connectivity index (χ1n) is 5.40. The van der Waals surface area contributed by atoms with E-state index in [1.807, 2.05) is 12.4 Å². The smallest absolute Gasteiger partial charge is 0.140 e. The van der Waals surface area contributed by atoms with E-state index in [1.54, 1.807) is 0 Å². The molecule has 0 saturated heterocycles. The number of hydrogen-bond donors (Lipinski definition) is 0. The summed E-state index contributed by atoms with van der Waals surface area (Å²) in [4.78, 5) is 4.43. The molecule has 0 atom stereocenters. The molecule has 0 aliphatic rings. The molecule has 2 aromatic rings. The lowest BCUT2D eigenvalue weighted by Gasteiger charge is -2.08. The molecule has 0 spiro atoms. The van der Waals surface area contributed by atoms with Crippen LogP contribution in [-0.4, -0.2) is 9.55 Å². The molecule has 0 saturated carbocycles. The molecule has 86 valence electrons. The number of hydrogen-bond acceptors (Lipinski definition) is 1. The van der Waals surface area contributed by atoms with Crippen molar-refractivity contribution in [1.29, 1.82) is 0 Å². The highest BCUT2D eigenvalue weighted by Gasteiger charge is 2.06. The third-order valence-electron chi connectivity index (χ3n) is 2.57. The van der Waals surface area contributed by atoms with Gasteiger partial charge in [-0.25, -0.2) is 4.98 Å². The minimum atomic E-state index is 0. The number of rotatable bonds is 3. The molecule has 0 fully saturated rings. The Kier molecular flexibility index (Phi) is 4.56. The minimum absolute atomic E-state index is 0. The van der Waals surface area contributed by atoms with E-state index in [0.717, 1.165) is 18.8 Å². The van der Waals surface area contributed by atoms with Crippen LogP contribution in [0.1, 0.15) is 18.9 Å². The Hall–Kier alpha value is -1.28. The van der Waals surface area contributed by atoms with Crippen molar-refractivity contribution in [2.75, 3.05) is 0 Å². The summed E-state index contributed by atoms with van der Waals surface area (Å²) in [5, 5.41) is 0. The molecule has 1 aromatic heterocycles. The maximum atomic E-state index is 4.43. The highest BCUT2D eigenvalue weighted by molar-refractivity contribution is 5.85. The van der Waals surface area contributed by atoms with Crippen LogP contribution >= 0.6 is 12.4 Å². The summed E-state index contributed by atoms with van der Waals surface area (Å²) in [5.74, 6) is 1.08. The lowest BCUT2D eigenvalue weighted by molar-refractivity contribution is 0.685. The fraction of sp³-hybridized carbons (Fsp3) is 0.308. The van der Waals surface area contributed by atoms with Gasteiger partial charge in [-0.15, -0.1) is 12.4 Å². The SMILES string of the molecule is CCCn1ccnc1-c1ccccc1C.Cl. The van der Waals surface area contributed by atoms with Gasteiger partial charge >= 0.3 is 0 Å². The van der Waals surface area contributed by atoms with E-state index in [1.165, 1.54) is 11.1 Å². The van der Waals surface area contributed by atoms with Crippen LogP contribution in [0.25, 0.3) is 11.4 Å². The van der Waals surface area contributed by atoms with Crippen LogP contribution in [0.15, 0.2) is 36.7 Å². The average Bonchev–Trinajstić information content (AvgIpc) is 2.67. The van der Waals surface area contributed by atoms with E-state index in [-0.39, 0.29) is 12.4 Å². The van der Waals surface area contributed by atoms with E-state index in [9.17, 15) is 0 Å². The van der Waals surface area contributed by atoms with Gasteiger partial charge in [0.25, 0.3) is 0 Å². The molecule has 1 aromatic carbocycles. The van der Waals surface area contributed by atoms with Gasteiger partial charge in [-0.05, 0) is 18.9 Å². The molecule has 2 nitrogen and oxygen atoms in total. The first-order chi connectivity index (χ1) is 7.33. The molecule has 0 unspecified atom stereocenters. The van der Waals surface area contributed by atoms with Crippen molar-refractivity contribution >= 4 is 12.4 Å². The van der Waals surface area contributed by atoms with Crippen LogP contribution in [0.5, 0.6) is 0 Å². The Labute approximate surface area is 103 Å². The zero-order chi connectivity index (χ0) is 10.7. The molecule has 3 heteroatoms. The van der Waals surface area contributed by atoms with Gasteiger partial charge < -0.3 is 4.57 Å². The van der Waals surface area contributed by atoms with Gasteiger partial charge in [-0.1, -0.05) is 31.2 Å². The van der Waals surface area contributed by atoms with E-state index in [4.69, 9.17) is 0 Å². The molecule has 0 radical (unpaired) electrons. The monoisotopic (exact) mass is 236 g/mol. The van der Waals surface area contributed by atoms with Crippen LogP contribution in [0.4, 0.5) is 0 Å². The van der Waals surface area contributed by atoms with Crippen molar-refractivity contribution in [2.45, 2.75) is 26.8 Å². The van der Waals surface area contributed by atoms with Gasteiger partial charge in [0.15, 0.2) is 0 Å². The minimum Gasteiger partial charge on any atom is -0.331 e. The fourth-order valence-corrected chi connectivity index (χ4v) is 1.80. The highest BCUT2D eigenvalue weighted by Crippen LogP contribution is 2.21. The molecule has 0 amide bonds. The molecule has 2 rings (SSSR count). The number of imidazole rings is 1. The van der Waals surface area contributed by atoms with E-state index < -0.39 is 0 Å².